The van der Waals surface area contributed by atoms with E-state index in [1.54, 1.807) is 0 Å². The fourth-order valence-electron chi connectivity index (χ4n) is 2.40. The number of amides is 1. The van der Waals surface area contributed by atoms with Crippen molar-refractivity contribution < 1.29 is 9.53 Å². The molecule has 25 heavy (non-hydrogen) atoms. The van der Waals surface area contributed by atoms with Crippen LogP contribution in [-0.2, 0) is 17.8 Å². The Labute approximate surface area is 155 Å². The molecule has 3 nitrogen and oxygen atoms in total. The number of rotatable bonds is 6. The van der Waals surface area contributed by atoms with E-state index in [0.717, 1.165) is 27.0 Å². The Morgan fingerprint density at radius 2 is 1.56 bits per heavy atom. The molecule has 0 aliphatic rings. The highest BCUT2D eigenvalue weighted by molar-refractivity contribution is 9.10. The van der Waals surface area contributed by atoms with Crippen LogP contribution in [-0.4, -0.2) is 5.91 Å². The van der Waals surface area contributed by atoms with Crippen LogP contribution in [0.2, 0.25) is 0 Å². The summed E-state index contributed by atoms with van der Waals surface area (Å²) in [4.78, 5) is 12.2. The van der Waals surface area contributed by atoms with Gasteiger partial charge in [0.1, 0.15) is 12.4 Å². The third-order valence-corrected chi connectivity index (χ3v) is 4.47. The van der Waals surface area contributed by atoms with Gasteiger partial charge in [0.2, 0.25) is 5.91 Å². The predicted molar refractivity (Wildman–Crippen MR) is 104 cm³/mol. The first-order chi connectivity index (χ1) is 12.2. The molecule has 0 heterocycles. The van der Waals surface area contributed by atoms with Crippen LogP contribution in [0.15, 0.2) is 83.3 Å². The van der Waals surface area contributed by atoms with E-state index in [9.17, 15) is 4.79 Å². The van der Waals surface area contributed by atoms with Crippen molar-refractivity contribution in [2.24, 2.45) is 0 Å². The fraction of sp³-hybridized carbons (Fsp3) is 0.0952. The minimum atomic E-state index is -0.0511. The van der Waals surface area contributed by atoms with Gasteiger partial charge >= 0.3 is 0 Å². The second-order valence-corrected chi connectivity index (χ2v) is 6.47. The molecule has 0 saturated heterocycles. The molecule has 0 aliphatic carbocycles. The Morgan fingerprint density at radius 1 is 0.880 bits per heavy atom. The van der Waals surface area contributed by atoms with Gasteiger partial charge in [0, 0.05) is 10.2 Å². The zero-order valence-electron chi connectivity index (χ0n) is 13.6. The van der Waals surface area contributed by atoms with Crippen molar-refractivity contribution in [2.45, 2.75) is 13.0 Å². The molecule has 1 amide bonds. The maximum atomic E-state index is 12.2. The Balaban J connectivity index is 1.53. The Morgan fingerprint density at radius 3 is 2.28 bits per heavy atom. The van der Waals surface area contributed by atoms with Gasteiger partial charge in [-0.3, -0.25) is 4.79 Å². The van der Waals surface area contributed by atoms with E-state index in [-0.39, 0.29) is 5.91 Å². The number of hydrogen-bond acceptors (Lipinski definition) is 2. The molecular formula is C21H18BrNO2. The third-order valence-electron chi connectivity index (χ3n) is 3.70. The lowest BCUT2D eigenvalue weighted by atomic mass is 10.1. The number of hydrogen-bond donors (Lipinski definition) is 1. The molecule has 0 aliphatic heterocycles. The lowest BCUT2D eigenvalue weighted by molar-refractivity contribution is -0.115. The molecule has 0 unspecified atom stereocenters. The van der Waals surface area contributed by atoms with Crippen molar-refractivity contribution in [1.82, 2.24) is 0 Å². The number of nitrogens with one attached hydrogen (secondary N) is 1. The molecule has 0 spiro atoms. The first-order valence-corrected chi connectivity index (χ1v) is 8.80. The molecule has 0 radical (unpaired) electrons. The zero-order chi connectivity index (χ0) is 17.5. The van der Waals surface area contributed by atoms with E-state index in [0.29, 0.717) is 13.0 Å². The highest BCUT2D eigenvalue weighted by atomic mass is 79.9. The zero-order valence-corrected chi connectivity index (χ0v) is 15.2. The van der Waals surface area contributed by atoms with Crippen molar-refractivity contribution in [3.8, 4) is 5.75 Å². The van der Waals surface area contributed by atoms with E-state index in [2.05, 4.69) is 21.2 Å². The number of carbonyl (C=O) groups excluding carboxylic acids is 1. The van der Waals surface area contributed by atoms with Gasteiger partial charge in [-0.05, 0) is 41.5 Å². The molecule has 3 aromatic rings. The summed E-state index contributed by atoms with van der Waals surface area (Å²) in [6, 6.07) is 25.1. The van der Waals surface area contributed by atoms with Gasteiger partial charge in [-0.15, -0.1) is 0 Å². The number of benzene rings is 3. The van der Waals surface area contributed by atoms with Gasteiger partial charge in [0.15, 0.2) is 0 Å². The fourth-order valence-corrected chi connectivity index (χ4v) is 2.82. The van der Waals surface area contributed by atoms with Crippen LogP contribution in [0.4, 0.5) is 5.69 Å². The highest BCUT2D eigenvalue weighted by Crippen LogP contribution is 2.19. The summed E-state index contributed by atoms with van der Waals surface area (Å²) in [6.07, 6.45) is 0.327. The van der Waals surface area contributed by atoms with Crippen LogP contribution < -0.4 is 10.1 Å². The molecule has 4 heteroatoms. The topological polar surface area (TPSA) is 38.3 Å². The largest absolute Gasteiger partial charge is 0.489 e. The van der Waals surface area contributed by atoms with Crippen molar-refractivity contribution >= 4 is 27.5 Å². The van der Waals surface area contributed by atoms with Crippen molar-refractivity contribution in [1.29, 1.82) is 0 Å². The van der Waals surface area contributed by atoms with Crippen LogP contribution in [0.1, 0.15) is 11.1 Å². The average molecular weight is 396 g/mol. The molecule has 3 aromatic carbocycles. The molecule has 3 rings (SSSR count). The summed E-state index contributed by atoms with van der Waals surface area (Å²) in [5.41, 5.74) is 2.83. The van der Waals surface area contributed by atoms with Crippen LogP contribution in [0.25, 0.3) is 0 Å². The van der Waals surface area contributed by atoms with Gasteiger partial charge in [-0.2, -0.15) is 0 Å². The van der Waals surface area contributed by atoms with Crippen LogP contribution in [0, 0.1) is 0 Å². The highest BCUT2D eigenvalue weighted by Gasteiger charge is 2.07. The predicted octanol–water partition coefficient (Wildman–Crippen LogP) is 5.21. The summed E-state index contributed by atoms with van der Waals surface area (Å²) in [5, 5.41) is 2.90. The lowest BCUT2D eigenvalue weighted by Gasteiger charge is -2.09. The van der Waals surface area contributed by atoms with Gasteiger partial charge in [0.25, 0.3) is 0 Å². The quantitative estimate of drug-likeness (QED) is 0.621. The molecule has 0 fully saturated rings. The second-order valence-electron chi connectivity index (χ2n) is 5.62. The Bertz CT molecular complexity index is 832. The first kappa shape index (κ1) is 17.2. The molecule has 0 aromatic heterocycles. The maximum absolute atomic E-state index is 12.2. The van der Waals surface area contributed by atoms with Crippen LogP contribution in [0.5, 0.6) is 5.75 Å². The van der Waals surface area contributed by atoms with E-state index in [4.69, 9.17) is 4.74 Å². The Hall–Kier alpha value is -2.59. The minimum Gasteiger partial charge on any atom is -0.489 e. The first-order valence-electron chi connectivity index (χ1n) is 8.01. The third kappa shape index (κ3) is 5.19. The normalized spacial score (nSPS) is 10.3. The van der Waals surface area contributed by atoms with Crippen molar-refractivity contribution in [3.05, 3.63) is 94.5 Å². The van der Waals surface area contributed by atoms with E-state index in [1.807, 2.05) is 78.9 Å². The summed E-state index contributed by atoms with van der Waals surface area (Å²) < 4.78 is 6.68. The van der Waals surface area contributed by atoms with Gasteiger partial charge in [0.05, 0.1) is 6.42 Å². The van der Waals surface area contributed by atoms with E-state index in [1.165, 1.54) is 0 Å². The molecule has 1 N–H and O–H groups in total. The van der Waals surface area contributed by atoms with Crippen LogP contribution >= 0.6 is 15.9 Å². The smallest absolute Gasteiger partial charge is 0.228 e. The summed E-state index contributed by atoms with van der Waals surface area (Å²) >= 11 is 3.46. The maximum Gasteiger partial charge on any atom is 0.228 e. The van der Waals surface area contributed by atoms with Crippen molar-refractivity contribution in [2.75, 3.05) is 5.32 Å². The standard InChI is InChI=1S/C21H18BrNO2/c22-20-9-5-4-8-17(20)14-21(24)23-18-10-12-19(13-11-18)25-15-16-6-2-1-3-7-16/h1-13H,14-15H2,(H,23,24). The Kier molecular flexibility index (Phi) is 5.86. The van der Waals surface area contributed by atoms with Gasteiger partial charge in [-0.1, -0.05) is 64.5 Å². The average Bonchev–Trinajstić information content (AvgIpc) is 2.64. The number of carbonyl (C=O) groups is 1. The monoisotopic (exact) mass is 395 g/mol. The van der Waals surface area contributed by atoms with Gasteiger partial charge in [-0.25, -0.2) is 0 Å². The van der Waals surface area contributed by atoms with Gasteiger partial charge < -0.3 is 10.1 Å². The molecule has 126 valence electrons. The molecule has 0 atom stereocenters. The second kappa shape index (κ2) is 8.49. The number of anilines is 1. The summed E-state index contributed by atoms with van der Waals surface area (Å²) in [7, 11) is 0. The summed E-state index contributed by atoms with van der Waals surface area (Å²) in [6.45, 7) is 0.522. The minimum absolute atomic E-state index is 0.0511. The van der Waals surface area contributed by atoms with E-state index >= 15 is 0 Å². The number of ether oxygens (including phenoxy) is 1. The molecule has 0 saturated carbocycles. The van der Waals surface area contributed by atoms with Crippen LogP contribution in [0.3, 0.4) is 0 Å². The SMILES string of the molecule is O=C(Cc1ccccc1Br)Nc1ccc(OCc2ccccc2)cc1. The number of halogens is 1. The van der Waals surface area contributed by atoms with Crippen molar-refractivity contribution in [3.63, 3.8) is 0 Å². The molecular weight excluding hydrogens is 378 g/mol. The van der Waals surface area contributed by atoms with E-state index < -0.39 is 0 Å². The lowest BCUT2D eigenvalue weighted by Crippen LogP contribution is -2.14. The molecule has 0 bridgehead atoms. The summed E-state index contributed by atoms with van der Waals surface area (Å²) in [5.74, 6) is 0.720.